The van der Waals surface area contributed by atoms with Gasteiger partial charge in [0.05, 0.1) is 39.6 Å². The van der Waals surface area contributed by atoms with Crippen LogP contribution in [0.2, 0.25) is 0 Å². The zero-order valence-corrected chi connectivity index (χ0v) is 43.5. The molecule has 0 spiro atoms. The Morgan fingerprint density at radius 1 is 0.583 bits per heavy atom. The third kappa shape index (κ3) is 37.1. The number of carboxylic acid groups (broad SMARTS) is 2. The summed E-state index contributed by atoms with van der Waals surface area (Å²) in [5.74, 6) is -3.76. The van der Waals surface area contributed by atoms with Crippen molar-refractivity contribution in [1.29, 1.82) is 0 Å². The minimum absolute atomic E-state index is 0.0268. The maximum atomic E-state index is 12.5. The molecule has 1 saturated heterocycles. The van der Waals surface area contributed by atoms with E-state index < -0.39 is 42.4 Å². The molecule has 72 heavy (non-hydrogen) atoms. The Kier molecular flexibility index (Phi) is 39.7. The molecule has 21 heteroatoms. The molecule has 1 saturated carbocycles. The topological polar surface area (TPSA) is 292 Å². The number of rotatable bonds is 43. The molecule has 0 unspecified atom stereocenters. The first kappa shape index (κ1) is 65.3. The highest BCUT2D eigenvalue weighted by Crippen LogP contribution is 2.29. The van der Waals surface area contributed by atoms with Gasteiger partial charge in [0.2, 0.25) is 23.6 Å². The van der Waals surface area contributed by atoms with Gasteiger partial charge in [-0.15, -0.1) is 5.06 Å². The van der Waals surface area contributed by atoms with Gasteiger partial charge in [-0.05, 0) is 50.9 Å². The maximum absolute atomic E-state index is 12.5. The lowest BCUT2D eigenvalue weighted by Crippen LogP contribution is -2.44. The fourth-order valence-electron chi connectivity index (χ4n) is 8.01. The molecule has 0 bridgehead atoms. The Balaban J connectivity index is 0.000000748. The van der Waals surface area contributed by atoms with Gasteiger partial charge in [-0.1, -0.05) is 103 Å². The minimum Gasteiger partial charge on any atom is -0.481 e. The molecular formula is C51H89N5O16. The molecule has 6 N–H and O–H groups in total. The van der Waals surface area contributed by atoms with E-state index in [1.807, 2.05) is 6.92 Å². The molecule has 2 fully saturated rings. The zero-order chi connectivity index (χ0) is 53.0. The number of hydrogen-bond acceptors (Lipinski definition) is 14. The van der Waals surface area contributed by atoms with Crippen molar-refractivity contribution in [2.24, 2.45) is 11.8 Å². The second-order valence-corrected chi connectivity index (χ2v) is 18.5. The van der Waals surface area contributed by atoms with E-state index in [9.17, 15) is 48.3 Å². The molecule has 2 rings (SSSR count). The number of hydrogen-bond donors (Lipinski definition) is 6. The summed E-state index contributed by atoms with van der Waals surface area (Å²) in [6.45, 7) is 5.62. The number of carbonyl (C=O) groups is 9. The van der Waals surface area contributed by atoms with Crippen LogP contribution in [0.3, 0.4) is 0 Å². The molecule has 1 atom stereocenters. The number of amides is 6. The Labute approximate surface area is 427 Å². The van der Waals surface area contributed by atoms with E-state index in [0.29, 0.717) is 63.0 Å². The fourth-order valence-corrected chi connectivity index (χ4v) is 8.01. The van der Waals surface area contributed by atoms with Gasteiger partial charge in [-0.25, -0.2) is 9.59 Å². The van der Waals surface area contributed by atoms with Gasteiger partial charge in [0.1, 0.15) is 19.3 Å². The van der Waals surface area contributed by atoms with Crippen LogP contribution < -0.4 is 21.3 Å². The highest BCUT2D eigenvalue weighted by molar-refractivity contribution is 6.01. The number of imide groups is 1. The molecule has 1 aliphatic heterocycles. The van der Waals surface area contributed by atoms with Crippen molar-refractivity contribution in [2.75, 3.05) is 72.5 Å². The van der Waals surface area contributed by atoms with Gasteiger partial charge < -0.3 is 55.3 Å². The molecule has 21 nitrogen and oxygen atoms in total. The average Bonchev–Trinajstić information content (AvgIpc) is 3.66. The van der Waals surface area contributed by atoms with E-state index in [1.165, 1.54) is 84.0 Å². The van der Waals surface area contributed by atoms with E-state index in [0.717, 1.165) is 51.4 Å². The quantitative estimate of drug-likeness (QED) is 0.0334. The molecule has 2 aliphatic rings. The molecule has 1 aliphatic carbocycles. The SMILES string of the molecule is CC(=O)NCCOCCOCC(=O)NCCOCCOCC(=O)ON1C(=O)CCC1=O.CCC[C@H](NC(=O)C1CCC(CNC(=O)CCCCCCCCCCCCCCCCCCC(=O)O)CC1)C(=O)O. The van der Waals surface area contributed by atoms with E-state index in [4.69, 9.17) is 24.1 Å². The maximum Gasteiger partial charge on any atom is 0.358 e. The standard InChI is InChI=1S/C33H60N2O6.C18H29N3O10/c1-2-19-29(33(40)41)35-32(39)28-24-22-27(23-25-28)26-34-30(36)20-17-15-13-11-9-7-5-3-4-6-8-10-12-14-16-18-21-31(37)38;1-14(22)19-4-6-27-8-10-29-12-15(23)20-5-7-28-9-11-30-13-18(26)31-21-16(24)2-3-17(21)25/h27-29H,2-26H2,1H3,(H,34,36)(H,35,39)(H,37,38)(H,40,41);2-13H2,1H3,(H,19,22)(H,20,23)/t27?,28?,29-;/m0./s1. The molecule has 0 radical (unpaired) electrons. The number of nitrogens with one attached hydrogen (secondary N) is 4. The van der Waals surface area contributed by atoms with Crippen LogP contribution in [0.15, 0.2) is 0 Å². The lowest BCUT2D eigenvalue weighted by molar-refractivity contribution is -0.200. The molecule has 0 aromatic heterocycles. The van der Waals surface area contributed by atoms with Crippen molar-refractivity contribution in [3.05, 3.63) is 0 Å². The molecule has 1 heterocycles. The van der Waals surface area contributed by atoms with E-state index in [-0.39, 0.29) is 82.0 Å². The van der Waals surface area contributed by atoms with Gasteiger partial charge in [0.25, 0.3) is 11.8 Å². The van der Waals surface area contributed by atoms with Crippen LogP contribution >= 0.6 is 0 Å². The van der Waals surface area contributed by atoms with E-state index in [2.05, 4.69) is 26.1 Å². The summed E-state index contributed by atoms with van der Waals surface area (Å²) in [5.41, 5.74) is 0. The van der Waals surface area contributed by atoms with Gasteiger partial charge in [0.15, 0.2) is 0 Å². The summed E-state index contributed by atoms with van der Waals surface area (Å²) in [5, 5.41) is 29.3. The van der Waals surface area contributed by atoms with Gasteiger partial charge >= 0.3 is 17.9 Å². The number of hydroxylamine groups is 2. The highest BCUT2D eigenvalue weighted by Gasteiger charge is 2.33. The number of aliphatic carboxylic acids is 2. The molecular weight excluding hydrogens is 939 g/mol. The Morgan fingerprint density at radius 2 is 1.06 bits per heavy atom. The summed E-state index contributed by atoms with van der Waals surface area (Å²) >= 11 is 0. The monoisotopic (exact) mass is 1030 g/mol. The summed E-state index contributed by atoms with van der Waals surface area (Å²) in [4.78, 5) is 107. The molecule has 414 valence electrons. The smallest absolute Gasteiger partial charge is 0.358 e. The zero-order valence-electron chi connectivity index (χ0n) is 43.5. The van der Waals surface area contributed by atoms with Crippen molar-refractivity contribution >= 4 is 53.4 Å². The Bertz CT molecular complexity index is 1540. The number of ether oxygens (including phenoxy) is 4. The van der Waals surface area contributed by atoms with Crippen LogP contribution in [0.4, 0.5) is 0 Å². The Morgan fingerprint density at radius 3 is 1.54 bits per heavy atom. The summed E-state index contributed by atoms with van der Waals surface area (Å²) < 4.78 is 20.6. The van der Waals surface area contributed by atoms with Crippen LogP contribution in [0.25, 0.3) is 0 Å². The fraction of sp³-hybridized carbons (Fsp3) is 0.824. The van der Waals surface area contributed by atoms with Crippen LogP contribution in [0, 0.1) is 11.8 Å². The van der Waals surface area contributed by atoms with E-state index >= 15 is 0 Å². The van der Waals surface area contributed by atoms with Crippen LogP contribution in [-0.4, -0.2) is 147 Å². The number of carbonyl (C=O) groups excluding carboxylic acids is 7. The van der Waals surface area contributed by atoms with Crippen LogP contribution in [0.1, 0.15) is 181 Å². The first-order valence-corrected chi connectivity index (χ1v) is 26.6. The third-order valence-electron chi connectivity index (χ3n) is 12.1. The lowest BCUT2D eigenvalue weighted by atomic mass is 9.81. The van der Waals surface area contributed by atoms with Crippen LogP contribution in [0.5, 0.6) is 0 Å². The first-order valence-electron chi connectivity index (χ1n) is 26.6. The lowest BCUT2D eigenvalue weighted by Gasteiger charge is -2.28. The van der Waals surface area contributed by atoms with Crippen molar-refractivity contribution < 1.29 is 77.1 Å². The largest absolute Gasteiger partial charge is 0.481 e. The highest BCUT2D eigenvalue weighted by atomic mass is 16.7. The number of carboxylic acids is 2. The predicted molar refractivity (Wildman–Crippen MR) is 266 cm³/mol. The second-order valence-electron chi connectivity index (χ2n) is 18.5. The van der Waals surface area contributed by atoms with Crippen molar-refractivity contribution in [3.63, 3.8) is 0 Å². The van der Waals surface area contributed by atoms with Crippen LogP contribution in [-0.2, 0) is 66.9 Å². The number of nitrogens with zero attached hydrogens (tertiary/aromatic N) is 1. The van der Waals surface area contributed by atoms with Crippen molar-refractivity contribution in [2.45, 2.75) is 187 Å². The predicted octanol–water partition coefficient (Wildman–Crippen LogP) is 5.30. The molecule has 0 aromatic rings. The van der Waals surface area contributed by atoms with Gasteiger partial charge in [0, 0.05) is 58.2 Å². The third-order valence-corrected chi connectivity index (χ3v) is 12.1. The normalized spacial score (nSPS) is 15.8. The average molecular weight is 1030 g/mol. The van der Waals surface area contributed by atoms with E-state index in [1.54, 1.807) is 0 Å². The molecule has 0 aromatic carbocycles. The first-order chi connectivity index (χ1) is 34.7. The summed E-state index contributed by atoms with van der Waals surface area (Å²) in [7, 11) is 0. The van der Waals surface area contributed by atoms with Crippen molar-refractivity contribution in [3.8, 4) is 0 Å². The van der Waals surface area contributed by atoms with Gasteiger partial charge in [-0.2, -0.15) is 0 Å². The van der Waals surface area contributed by atoms with Crippen molar-refractivity contribution in [1.82, 2.24) is 26.3 Å². The second kappa shape index (κ2) is 43.8. The summed E-state index contributed by atoms with van der Waals surface area (Å²) in [6, 6.07) is -0.795. The minimum atomic E-state index is -0.967. The number of unbranched alkanes of at least 4 members (excludes halogenated alkanes) is 15. The Hall–Kier alpha value is -4.73. The summed E-state index contributed by atoms with van der Waals surface area (Å²) in [6.07, 6.45) is 24.7. The molecule has 6 amide bonds. The van der Waals surface area contributed by atoms with Gasteiger partial charge in [-0.3, -0.25) is 33.6 Å².